The van der Waals surface area contributed by atoms with E-state index in [0.717, 1.165) is 46.5 Å². The third-order valence-corrected chi connectivity index (χ3v) is 16.5. The molecule has 0 unspecified atom stereocenters. The number of aryl methyl sites for hydroxylation is 17. The van der Waals surface area contributed by atoms with E-state index in [2.05, 4.69) is 265 Å². The van der Waals surface area contributed by atoms with Crippen molar-refractivity contribution in [2.45, 2.75) is 95.2 Å². The molecule has 0 N–H and O–H groups in total. The third kappa shape index (κ3) is 19.1. The lowest BCUT2D eigenvalue weighted by atomic mass is 10.0. The lowest BCUT2D eigenvalue weighted by Crippen LogP contribution is -2.30. The van der Waals surface area contributed by atoms with Gasteiger partial charge in [0.25, 0.3) is 0 Å². The number of aromatic nitrogens is 6. The molecule has 12 rings (SSSR count). The number of rotatable bonds is 9. The topological polar surface area (TPSA) is 23.3 Å². The molecule has 0 saturated carbocycles. The zero-order valence-electron chi connectivity index (χ0n) is 64.9. The maximum Gasteiger partial charge on any atom is 0.212 e. The molecule has 6 heteroatoms. The number of pyridine rings is 6. The Morgan fingerprint density at radius 1 is 0.272 bits per heavy atom. The van der Waals surface area contributed by atoms with Crippen molar-refractivity contribution in [1.82, 2.24) is 0 Å². The van der Waals surface area contributed by atoms with E-state index in [1.54, 1.807) is 30.3 Å². The van der Waals surface area contributed by atoms with Gasteiger partial charge in [0, 0.05) is 117 Å². The predicted octanol–water partition coefficient (Wildman–Crippen LogP) is 17.2. The van der Waals surface area contributed by atoms with E-state index in [1.165, 1.54) is 84.0 Å². The van der Waals surface area contributed by atoms with Crippen LogP contribution in [-0.4, -0.2) is 0 Å². The van der Waals surface area contributed by atoms with Crippen molar-refractivity contribution in [3.05, 3.63) is 323 Å². The van der Waals surface area contributed by atoms with Crippen LogP contribution < -0.4 is 27.4 Å². The van der Waals surface area contributed by atoms with Crippen LogP contribution in [0.5, 0.6) is 0 Å². The molecule has 6 aromatic heterocycles. The van der Waals surface area contributed by atoms with Gasteiger partial charge < -0.3 is 0 Å². The third-order valence-electron chi connectivity index (χ3n) is 16.5. The van der Waals surface area contributed by atoms with Crippen molar-refractivity contribution in [3.8, 4) is 67.5 Å². The fraction of sp³-hybridized carbons (Fsp3) is 0.233. The molecule has 0 aliphatic rings. The second-order valence-corrected chi connectivity index (χ2v) is 23.5. The van der Waals surface area contributed by atoms with Crippen molar-refractivity contribution in [2.24, 2.45) is 42.3 Å². The van der Waals surface area contributed by atoms with Crippen LogP contribution in [0.15, 0.2) is 262 Å². The Labute approximate surface area is 563 Å². The van der Waals surface area contributed by atoms with Crippen molar-refractivity contribution < 1.29 is 38.4 Å². The van der Waals surface area contributed by atoms with Gasteiger partial charge in [0.2, 0.25) is 34.2 Å². The molecule has 0 atom stereocenters. The van der Waals surface area contributed by atoms with Crippen molar-refractivity contribution >= 4 is 0 Å². The molecule has 92 heavy (non-hydrogen) atoms. The maximum atomic E-state index is 7.83. The molecule has 6 aromatic carbocycles. The van der Waals surface area contributed by atoms with Gasteiger partial charge in [0.1, 0.15) is 42.3 Å². The van der Waals surface area contributed by atoms with E-state index in [0.29, 0.717) is 5.56 Å². The summed E-state index contributed by atoms with van der Waals surface area (Å²) in [6.45, 7) is 14.3. The Morgan fingerprint density at radius 2 is 0.565 bits per heavy atom. The largest absolute Gasteiger partial charge is 0.212 e. The monoisotopic (exact) mass is 1220 g/mol. The lowest BCUT2D eigenvalue weighted by molar-refractivity contribution is -0.660. The molecular weight excluding hydrogens is 1120 g/mol. The van der Waals surface area contributed by atoms with Crippen molar-refractivity contribution in [1.29, 1.82) is 0 Å². The summed E-state index contributed by atoms with van der Waals surface area (Å²) in [5.41, 5.74) is 26.2. The molecule has 6 heterocycles. The molecule has 0 saturated heterocycles. The smallest absolute Gasteiger partial charge is 0.201 e. The van der Waals surface area contributed by atoms with Gasteiger partial charge in [-0.05, 0) is 197 Å². The van der Waals surface area contributed by atoms with E-state index in [-0.39, 0.29) is 5.56 Å². The van der Waals surface area contributed by atoms with Gasteiger partial charge in [-0.25, -0.2) is 27.4 Å². The van der Waals surface area contributed by atoms with Gasteiger partial charge in [-0.2, -0.15) is 0 Å². The fourth-order valence-corrected chi connectivity index (χ4v) is 11.1. The predicted molar refractivity (Wildman–Crippen MR) is 384 cm³/mol. The SMILES string of the molecule is CCc1ccc(-c2cccc[n+]2C)c(C)c1.CCc1ccc(-c2cccc[n+]2C)c(C)c1.Cc1ccc(C)c(-c2cccc[n+]2C)c1.Cc1ccccc1-c1cccc[n+]1C.[2H]C([2H])([2H])C([2H])([2H])c1ccc(-c2cccc[n+]2C)c(C)c1.[2H]C([2H])([2H])c1ccc(-c2cccc[n+]2C)c(C)c1. The first kappa shape index (κ1) is 58.6. The highest BCUT2D eigenvalue weighted by molar-refractivity contribution is 5.65. The van der Waals surface area contributed by atoms with Crippen LogP contribution in [0.2, 0.25) is 0 Å². The number of nitrogens with zero attached hydrogens (tertiary/aromatic N) is 6. The van der Waals surface area contributed by atoms with Gasteiger partial charge in [0.15, 0.2) is 37.2 Å². The van der Waals surface area contributed by atoms with E-state index >= 15 is 0 Å². The molecule has 0 aliphatic heterocycles. The fourth-order valence-electron chi connectivity index (χ4n) is 11.1. The second-order valence-electron chi connectivity index (χ2n) is 23.5. The Bertz CT molecular complexity index is 4570. The molecule has 6 nitrogen and oxygen atoms in total. The first-order valence-corrected chi connectivity index (χ1v) is 31.7. The Balaban J connectivity index is 0.000000169. The van der Waals surface area contributed by atoms with Crippen LogP contribution in [-0.2, 0) is 61.5 Å². The van der Waals surface area contributed by atoms with Crippen LogP contribution >= 0.6 is 0 Å². The zero-order valence-corrected chi connectivity index (χ0v) is 56.9. The molecule has 0 bridgehead atoms. The van der Waals surface area contributed by atoms with Gasteiger partial charge in [-0.1, -0.05) is 111 Å². The van der Waals surface area contributed by atoms with E-state index in [9.17, 15) is 0 Å². The van der Waals surface area contributed by atoms with E-state index in [1.807, 2.05) is 98.0 Å². The summed E-state index contributed by atoms with van der Waals surface area (Å²) in [6.07, 6.45) is 12.1. The summed E-state index contributed by atoms with van der Waals surface area (Å²) in [5, 5.41) is 0. The number of benzene rings is 6. The van der Waals surface area contributed by atoms with Crippen LogP contribution in [0.1, 0.15) is 92.9 Å². The first-order chi connectivity index (χ1) is 47.4. The molecule has 468 valence electrons. The van der Waals surface area contributed by atoms with Crippen LogP contribution in [0.4, 0.5) is 0 Å². The molecular formula is C86H100N6+6. The first-order valence-electron chi connectivity index (χ1n) is 35.7. The Hall–Kier alpha value is -9.78. The van der Waals surface area contributed by atoms with Crippen molar-refractivity contribution in [2.75, 3.05) is 0 Å². The molecule has 0 spiro atoms. The van der Waals surface area contributed by atoms with Crippen LogP contribution in [0.3, 0.4) is 0 Å². The van der Waals surface area contributed by atoms with Crippen LogP contribution in [0.25, 0.3) is 67.5 Å². The molecule has 0 radical (unpaired) electrons. The number of hydrogen-bond acceptors (Lipinski definition) is 0. The molecule has 0 fully saturated rings. The quantitative estimate of drug-likeness (QED) is 0.129. The van der Waals surface area contributed by atoms with Crippen LogP contribution in [0, 0.1) is 55.3 Å². The van der Waals surface area contributed by atoms with E-state index < -0.39 is 20.1 Å². The van der Waals surface area contributed by atoms with Gasteiger partial charge >= 0.3 is 0 Å². The van der Waals surface area contributed by atoms with Gasteiger partial charge in [-0.15, -0.1) is 0 Å². The maximum absolute atomic E-state index is 7.83. The summed E-state index contributed by atoms with van der Waals surface area (Å²) < 4.78 is 72.6. The highest BCUT2D eigenvalue weighted by atomic mass is 14.9. The summed E-state index contributed by atoms with van der Waals surface area (Å²) in [4.78, 5) is 0. The summed E-state index contributed by atoms with van der Waals surface area (Å²) in [7, 11) is 12.2. The molecule has 0 aliphatic carbocycles. The zero-order chi connectivity index (χ0) is 73.1. The van der Waals surface area contributed by atoms with E-state index in [4.69, 9.17) is 11.0 Å². The highest BCUT2D eigenvalue weighted by Crippen LogP contribution is 2.26. The standard InChI is InChI=1S/3C15H18N.2C14H16N.C13H14N/c3*1-4-13-8-9-14(12(2)11-13)15-7-5-6-10-16(15)3;1-11-7-8-13(12(2)10-11)14-6-4-5-9-15(14)3;1-11-7-8-12(2)13(10-11)14-6-4-5-9-15(14)3;1-11-7-3-4-8-12(11)13-9-5-6-10-14(13)2/h3*5-11H,4H2,1-3H3;2*4-10H,1-3H3;3-10H,1-2H3/q6*+1/i1D3,4D2;;;1D3;;. The minimum atomic E-state index is -2.68. The highest BCUT2D eigenvalue weighted by Gasteiger charge is 2.16. The summed E-state index contributed by atoms with van der Waals surface area (Å²) in [5.74, 6) is 0. The lowest BCUT2D eigenvalue weighted by Gasteiger charge is -2.06. The van der Waals surface area contributed by atoms with Gasteiger partial charge in [-0.3, -0.25) is 0 Å². The summed E-state index contributed by atoms with van der Waals surface area (Å²) in [6, 6.07) is 75.7. The normalized spacial score (nSPS) is 12.1. The van der Waals surface area contributed by atoms with Gasteiger partial charge in [0.05, 0.1) is 0 Å². The Kier molecular flexibility index (Phi) is 21.9. The van der Waals surface area contributed by atoms with Crippen molar-refractivity contribution in [3.63, 3.8) is 0 Å². The average molecular weight is 1230 g/mol. The average Bonchev–Trinajstić information content (AvgIpc) is 0.779. The minimum absolute atomic E-state index is 0.183. The number of hydrogen-bond donors (Lipinski definition) is 0. The second kappa shape index (κ2) is 34.4. The minimum Gasteiger partial charge on any atom is -0.201 e. The molecule has 0 amide bonds. The molecule has 12 aromatic rings. The Morgan fingerprint density at radius 3 is 0.891 bits per heavy atom. The summed E-state index contributed by atoms with van der Waals surface area (Å²) >= 11 is 0.